The van der Waals surface area contributed by atoms with Crippen LogP contribution < -0.4 is 5.73 Å². The highest BCUT2D eigenvalue weighted by Gasteiger charge is 2.19. The van der Waals surface area contributed by atoms with E-state index in [0.29, 0.717) is 6.42 Å². The highest BCUT2D eigenvalue weighted by Crippen LogP contribution is 2.26. The Morgan fingerprint density at radius 1 is 1.19 bits per heavy atom. The second-order valence-corrected chi connectivity index (χ2v) is 6.28. The van der Waals surface area contributed by atoms with Gasteiger partial charge in [0.15, 0.2) is 0 Å². The average molecular weight is 293 g/mol. The quantitative estimate of drug-likeness (QED) is 0.744. The maximum atomic E-state index is 10.9. The number of hydrogen-bond acceptors (Lipinski definition) is 3. The maximum Gasteiger partial charge on any atom is 0.320 e. The number of aliphatic carboxylic acids is 2. The summed E-state index contributed by atoms with van der Waals surface area (Å²) in [6, 6.07) is 4.81. The molecule has 0 spiro atoms. The van der Waals surface area contributed by atoms with Gasteiger partial charge < -0.3 is 15.9 Å². The average Bonchev–Trinajstić information content (AvgIpc) is 2.35. The lowest BCUT2D eigenvalue weighted by molar-refractivity contribution is -0.139. The van der Waals surface area contributed by atoms with Gasteiger partial charge in [-0.3, -0.25) is 9.59 Å². The summed E-state index contributed by atoms with van der Waals surface area (Å²) in [5.74, 6) is -1.93. The van der Waals surface area contributed by atoms with Crippen molar-refractivity contribution in [2.45, 2.75) is 51.5 Å². The molecule has 0 heterocycles. The highest BCUT2D eigenvalue weighted by molar-refractivity contribution is 5.73. The Morgan fingerprint density at radius 2 is 1.81 bits per heavy atom. The van der Waals surface area contributed by atoms with Gasteiger partial charge in [0.2, 0.25) is 0 Å². The first-order valence-electron chi connectivity index (χ1n) is 6.93. The van der Waals surface area contributed by atoms with Gasteiger partial charge in [0.05, 0.1) is 0 Å². The molecule has 0 unspecified atom stereocenters. The fourth-order valence-electron chi connectivity index (χ4n) is 2.09. The first kappa shape index (κ1) is 17.2. The van der Waals surface area contributed by atoms with Crippen LogP contribution in [0, 0.1) is 0 Å². The molecule has 0 aromatic heterocycles. The lowest BCUT2D eigenvalue weighted by Crippen LogP contribution is -2.32. The van der Waals surface area contributed by atoms with E-state index in [2.05, 4.69) is 20.8 Å². The van der Waals surface area contributed by atoms with E-state index in [1.54, 1.807) is 0 Å². The molecule has 5 heteroatoms. The van der Waals surface area contributed by atoms with Crippen molar-refractivity contribution in [1.29, 1.82) is 0 Å². The van der Waals surface area contributed by atoms with E-state index >= 15 is 0 Å². The molecule has 21 heavy (non-hydrogen) atoms. The Kier molecular flexibility index (Phi) is 5.49. The summed E-state index contributed by atoms with van der Waals surface area (Å²) in [5, 5.41) is 17.8. The van der Waals surface area contributed by atoms with Crippen molar-refractivity contribution in [2.24, 2.45) is 5.73 Å². The summed E-state index contributed by atoms with van der Waals surface area (Å²) in [6.07, 6.45) is 0.597. The third kappa shape index (κ3) is 5.19. The molecule has 0 bridgehead atoms. The number of carbonyl (C=O) groups is 2. The van der Waals surface area contributed by atoms with E-state index in [-0.39, 0.29) is 18.3 Å². The maximum absolute atomic E-state index is 10.9. The number of benzene rings is 1. The second kappa shape index (κ2) is 6.72. The molecule has 1 atom stereocenters. The third-order valence-corrected chi connectivity index (χ3v) is 3.44. The molecule has 0 aliphatic rings. The van der Waals surface area contributed by atoms with E-state index in [9.17, 15) is 9.59 Å². The molecule has 0 amide bonds. The molecule has 1 aromatic rings. The predicted octanol–water partition coefficient (Wildman–Crippen LogP) is 1.96. The van der Waals surface area contributed by atoms with Crippen molar-refractivity contribution in [3.05, 3.63) is 34.9 Å². The Labute approximate surface area is 124 Å². The van der Waals surface area contributed by atoms with Crippen LogP contribution in [0.1, 0.15) is 43.9 Å². The fraction of sp³-hybridized carbons (Fsp3) is 0.500. The molecular formula is C16H23NO4. The lowest BCUT2D eigenvalue weighted by Gasteiger charge is -2.22. The van der Waals surface area contributed by atoms with Crippen LogP contribution in [0.3, 0.4) is 0 Å². The topological polar surface area (TPSA) is 101 Å². The molecule has 1 aromatic carbocycles. The number of aryl methyl sites for hydroxylation is 1. The summed E-state index contributed by atoms with van der Waals surface area (Å²) < 4.78 is 0. The van der Waals surface area contributed by atoms with Crippen LogP contribution >= 0.6 is 0 Å². The van der Waals surface area contributed by atoms with Gasteiger partial charge in [0, 0.05) is 6.42 Å². The third-order valence-electron chi connectivity index (χ3n) is 3.44. The summed E-state index contributed by atoms with van der Waals surface area (Å²) in [6.45, 7) is 6.21. The molecule has 0 aliphatic heterocycles. The van der Waals surface area contributed by atoms with Gasteiger partial charge in [-0.1, -0.05) is 39.0 Å². The van der Waals surface area contributed by atoms with Crippen LogP contribution in [-0.2, 0) is 27.8 Å². The van der Waals surface area contributed by atoms with Gasteiger partial charge in [-0.15, -0.1) is 0 Å². The molecule has 0 saturated heterocycles. The minimum absolute atomic E-state index is 0.0180. The molecular weight excluding hydrogens is 270 g/mol. The molecule has 0 radical (unpaired) electrons. The second-order valence-electron chi connectivity index (χ2n) is 6.28. The molecule has 4 N–H and O–H groups in total. The van der Waals surface area contributed by atoms with Crippen molar-refractivity contribution in [3.8, 4) is 0 Å². The molecule has 116 valence electrons. The highest BCUT2D eigenvalue weighted by atomic mass is 16.4. The largest absolute Gasteiger partial charge is 0.481 e. The van der Waals surface area contributed by atoms with Gasteiger partial charge in [0.1, 0.15) is 6.04 Å². The van der Waals surface area contributed by atoms with E-state index in [4.69, 9.17) is 15.9 Å². The number of hydrogen-bond donors (Lipinski definition) is 3. The number of carboxylic acid groups (broad SMARTS) is 2. The Hall–Kier alpha value is -1.88. The minimum Gasteiger partial charge on any atom is -0.481 e. The Morgan fingerprint density at radius 3 is 2.29 bits per heavy atom. The Bertz CT molecular complexity index is 532. The molecule has 0 saturated carbocycles. The summed E-state index contributed by atoms with van der Waals surface area (Å²) in [5.41, 5.74) is 8.30. The number of carboxylic acids is 2. The van der Waals surface area contributed by atoms with Crippen LogP contribution in [0.5, 0.6) is 0 Å². The van der Waals surface area contributed by atoms with E-state index in [0.717, 1.165) is 16.7 Å². The van der Waals surface area contributed by atoms with Crippen molar-refractivity contribution >= 4 is 11.9 Å². The van der Waals surface area contributed by atoms with Crippen molar-refractivity contribution < 1.29 is 19.8 Å². The number of nitrogens with two attached hydrogens (primary N) is 1. The normalized spacial score (nSPS) is 13.0. The van der Waals surface area contributed by atoms with Crippen molar-refractivity contribution in [3.63, 3.8) is 0 Å². The van der Waals surface area contributed by atoms with Crippen LogP contribution in [-0.4, -0.2) is 28.2 Å². The fourth-order valence-corrected chi connectivity index (χ4v) is 2.09. The molecule has 5 nitrogen and oxygen atoms in total. The molecule has 0 aliphatic carbocycles. The van der Waals surface area contributed by atoms with Crippen LogP contribution in [0.15, 0.2) is 18.2 Å². The van der Waals surface area contributed by atoms with Gasteiger partial charge >= 0.3 is 11.9 Å². The van der Waals surface area contributed by atoms with Crippen LogP contribution in [0.25, 0.3) is 0 Å². The predicted molar refractivity (Wildman–Crippen MR) is 80.4 cm³/mol. The van der Waals surface area contributed by atoms with Crippen LogP contribution in [0.4, 0.5) is 0 Å². The minimum atomic E-state index is -1.06. The van der Waals surface area contributed by atoms with E-state index in [1.807, 2.05) is 18.2 Å². The first-order chi connectivity index (χ1) is 9.61. The Balaban J connectivity index is 3.11. The van der Waals surface area contributed by atoms with Gasteiger partial charge in [-0.2, -0.15) is 0 Å². The molecule has 1 rings (SSSR count). The zero-order chi connectivity index (χ0) is 16.2. The summed E-state index contributed by atoms with van der Waals surface area (Å²) in [7, 11) is 0. The van der Waals surface area contributed by atoms with Crippen molar-refractivity contribution in [2.75, 3.05) is 0 Å². The molecule has 0 fully saturated rings. The SMILES string of the molecule is CC(C)(C)c1ccc(CCC(=O)O)c(C[C@@H](N)C(=O)O)c1. The zero-order valence-corrected chi connectivity index (χ0v) is 12.7. The van der Waals surface area contributed by atoms with Gasteiger partial charge in [0.25, 0.3) is 0 Å². The summed E-state index contributed by atoms with van der Waals surface area (Å²) in [4.78, 5) is 21.7. The van der Waals surface area contributed by atoms with Crippen LogP contribution in [0.2, 0.25) is 0 Å². The smallest absolute Gasteiger partial charge is 0.320 e. The van der Waals surface area contributed by atoms with Gasteiger partial charge in [-0.05, 0) is 34.9 Å². The lowest BCUT2D eigenvalue weighted by atomic mass is 9.83. The summed E-state index contributed by atoms with van der Waals surface area (Å²) >= 11 is 0. The van der Waals surface area contributed by atoms with Crippen molar-refractivity contribution in [1.82, 2.24) is 0 Å². The van der Waals surface area contributed by atoms with E-state index in [1.165, 1.54) is 0 Å². The standard InChI is InChI=1S/C16H23NO4/c1-16(2,3)12-6-4-10(5-7-14(18)19)11(8-12)9-13(17)15(20)21/h4,6,8,13H,5,7,9,17H2,1-3H3,(H,18,19)(H,20,21)/t13-/m1/s1. The monoisotopic (exact) mass is 293 g/mol. The van der Waals surface area contributed by atoms with E-state index < -0.39 is 18.0 Å². The number of rotatable bonds is 6. The first-order valence-corrected chi connectivity index (χ1v) is 6.93. The zero-order valence-electron chi connectivity index (χ0n) is 12.7. The van der Waals surface area contributed by atoms with Gasteiger partial charge in [-0.25, -0.2) is 0 Å².